The summed E-state index contributed by atoms with van der Waals surface area (Å²) in [7, 11) is 1.34. The average molecular weight is 846 g/mol. The number of ether oxygens (including phenoxy) is 4. The van der Waals surface area contributed by atoms with Gasteiger partial charge in [-0.2, -0.15) is 0 Å². The van der Waals surface area contributed by atoms with Crippen LogP contribution in [0.25, 0.3) is 0 Å². The van der Waals surface area contributed by atoms with Crippen molar-refractivity contribution in [2.75, 3.05) is 25.6 Å². The fourth-order valence-corrected chi connectivity index (χ4v) is 8.29. The second-order valence-corrected chi connectivity index (χ2v) is 17.3. The second-order valence-electron chi connectivity index (χ2n) is 16.5. The molecule has 2 aliphatic rings. The number of alkyl carbamates (subject to hydrolysis) is 1. The number of carbonyl (C=O) groups excluding carboxylic acids is 4. The minimum atomic E-state index is -1.62. The topological polar surface area (TPSA) is 154 Å². The van der Waals surface area contributed by atoms with E-state index >= 15 is 8.78 Å². The molecule has 1 unspecified atom stereocenters. The normalized spacial score (nSPS) is 23.1. The minimum Gasteiger partial charge on any atom is -0.495 e. The van der Waals surface area contributed by atoms with E-state index in [1.807, 2.05) is 20.8 Å². The Morgan fingerprint density at radius 1 is 1.00 bits per heavy atom. The third-order valence-electron chi connectivity index (χ3n) is 10.4. The molecule has 12 nitrogen and oxygen atoms in total. The maximum absolute atomic E-state index is 16.2. The van der Waals surface area contributed by atoms with Crippen LogP contribution in [0, 0.1) is 23.0 Å². The molecule has 0 aromatic heterocycles. The van der Waals surface area contributed by atoms with Gasteiger partial charge in [0.15, 0.2) is 0 Å². The molecular formula is C42H48Cl2F2N4O8. The molecule has 1 aliphatic carbocycles. The molecule has 3 aromatic rings. The molecule has 6 atom stereocenters. The van der Waals surface area contributed by atoms with Gasteiger partial charge in [-0.25, -0.2) is 23.2 Å². The lowest BCUT2D eigenvalue weighted by molar-refractivity contribution is -0.146. The van der Waals surface area contributed by atoms with Crippen molar-refractivity contribution in [3.63, 3.8) is 0 Å². The Morgan fingerprint density at radius 3 is 2.29 bits per heavy atom. The lowest BCUT2D eigenvalue weighted by atomic mass is 9.67. The lowest BCUT2D eigenvalue weighted by Crippen LogP contribution is -2.48. The third-order valence-corrected chi connectivity index (χ3v) is 10.9. The van der Waals surface area contributed by atoms with E-state index in [0.29, 0.717) is 6.42 Å². The van der Waals surface area contributed by atoms with Crippen molar-refractivity contribution >= 4 is 59.5 Å². The van der Waals surface area contributed by atoms with Gasteiger partial charge < -0.3 is 29.6 Å². The highest BCUT2D eigenvalue weighted by Crippen LogP contribution is 2.71. The number of esters is 2. The van der Waals surface area contributed by atoms with Crippen LogP contribution in [0.3, 0.4) is 0 Å². The van der Waals surface area contributed by atoms with Gasteiger partial charge in [0, 0.05) is 16.5 Å². The molecule has 16 heteroatoms. The maximum Gasteiger partial charge on any atom is 0.408 e. The number of halogens is 4. The second kappa shape index (κ2) is 16.8. The monoisotopic (exact) mass is 844 g/mol. The molecule has 1 heterocycles. The minimum absolute atomic E-state index is 0.0304. The number of nitrogens with one attached hydrogen (secondary N) is 3. The average Bonchev–Trinajstić information content (AvgIpc) is 3.81. The van der Waals surface area contributed by atoms with E-state index < -0.39 is 70.3 Å². The van der Waals surface area contributed by atoms with Crippen molar-refractivity contribution in [2.24, 2.45) is 16.3 Å². The summed E-state index contributed by atoms with van der Waals surface area (Å²) in [5.74, 6) is -4.90. The summed E-state index contributed by atoms with van der Waals surface area (Å²) in [6, 6.07) is 10.5. The maximum atomic E-state index is 16.2. The highest BCUT2D eigenvalue weighted by atomic mass is 35.5. The first kappa shape index (κ1) is 44.3. The first-order valence-corrected chi connectivity index (χ1v) is 19.3. The molecule has 1 saturated carbocycles. The molecule has 1 aliphatic heterocycles. The van der Waals surface area contributed by atoms with Crippen LogP contribution in [0.4, 0.5) is 19.3 Å². The number of anilines is 1. The Balaban J connectivity index is 1.39. The van der Waals surface area contributed by atoms with Gasteiger partial charge in [-0.05, 0) is 94.1 Å². The van der Waals surface area contributed by atoms with Gasteiger partial charge >= 0.3 is 18.0 Å². The Hall–Kier alpha value is -4.79. The first-order valence-electron chi connectivity index (χ1n) is 18.6. The molecular weight excluding hydrogens is 797 g/mol. The van der Waals surface area contributed by atoms with Crippen LogP contribution in [-0.2, 0) is 29.3 Å². The summed E-state index contributed by atoms with van der Waals surface area (Å²) < 4.78 is 53.5. The number of hydrogen-bond acceptors (Lipinski definition) is 10. The number of rotatable bonds is 12. The molecule has 0 bridgehead atoms. The van der Waals surface area contributed by atoms with Gasteiger partial charge in [0.2, 0.25) is 5.91 Å². The molecule has 2 amide bonds. The standard InChI is InChI=1S/C42H48Cl2F2N4O8/c1-22(48-38(54)58-40(5,6)7)36(52)56-17-18-57-37(53)23-13-16-29(30(19-23)55-9)49-35(51)34-32(25-11-10-12-27(44)33(25)46)42(47-8,26-15-14-24(43)20-28(26)45)41(50-34)21-31(41)39(2,3)4/h10-16,19-20,22,31-32,34,50H,8,17-18,21H2,1-7,9H3,(H,48,54)(H,49,51)/t22-,31+,32+,34-,41?,42+/m1/s1. The van der Waals surface area contributed by atoms with Crippen molar-refractivity contribution in [1.29, 1.82) is 0 Å². The zero-order valence-electron chi connectivity index (χ0n) is 33.6. The van der Waals surface area contributed by atoms with Crippen molar-refractivity contribution in [3.05, 3.63) is 93.0 Å². The van der Waals surface area contributed by atoms with Gasteiger partial charge in [0.05, 0.1) is 35.0 Å². The molecule has 2 fully saturated rings. The summed E-state index contributed by atoms with van der Waals surface area (Å²) in [6.07, 6.45) is -0.330. The van der Waals surface area contributed by atoms with Crippen LogP contribution in [0.1, 0.15) is 82.3 Å². The Morgan fingerprint density at radius 2 is 1.69 bits per heavy atom. The van der Waals surface area contributed by atoms with E-state index in [1.165, 1.54) is 56.5 Å². The van der Waals surface area contributed by atoms with E-state index in [9.17, 15) is 19.2 Å². The largest absolute Gasteiger partial charge is 0.495 e. The van der Waals surface area contributed by atoms with Crippen molar-refractivity contribution in [1.82, 2.24) is 10.6 Å². The van der Waals surface area contributed by atoms with Crippen molar-refractivity contribution < 1.29 is 46.9 Å². The van der Waals surface area contributed by atoms with Crippen LogP contribution in [0.15, 0.2) is 59.6 Å². The predicted molar refractivity (Wildman–Crippen MR) is 216 cm³/mol. The highest BCUT2D eigenvalue weighted by molar-refractivity contribution is 6.31. The molecule has 3 aromatic carbocycles. The quantitative estimate of drug-likeness (QED) is 0.0713. The van der Waals surface area contributed by atoms with Gasteiger partial charge in [0.1, 0.15) is 47.8 Å². The van der Waals surface area contributed by atoms with Crippen LogP contribution < -0.4 is 20.7 Å². The summed E-state index contributed by atoms with van der Waals surface area (Å²) >= 11 is 12.5. The summed E-state index contributed by atoms with van der Waals surface area (Å²) in [4.78, 5) is 56.5. The van der Waals surface area contributed by atoms with Gasteiger partial charge in [-0.3, -0.25) is 15.1 Å². The van der Waals surface area contributed by atoms with Gasteiger partial charge in [0.25, 0.3) is 0 Å². The fraction of sp³-hybridized carbons (Fsp3) is 0.452. The summed E-state index contributed by atoms with van der Waals surface area (Å²) in [5, 5.41) is 8.67. The number of benzene rings is 3. The number of aliphatic imine (C=N–C) groups is 1. The molecule has 0 radical (unpaired) electrons. The molecule has 1 saturated heterocycles. The van der Waals surface area contributed by atoms with Crippen LogP contribution in [-0.4, -0.2) is 74.2 Å². The van der Waals surface area contributed by atoms with Crippen LogP contribution in [0.5, 0.6) is 5.75 Å². The van der Waals surface area contributed by atoms with E-state index in [4.69, 9.17) is 42.1 Å². The van der Waals surface area contributed by atoms with Crippen molar-refractivity contribution in [2.45, 2.75) is 89.6 Å². The molecule has 312 valence electrons. The van der Waals surface area contributed by atoms with E-state index in [2.05, 4.69) is 27.7 Å². The van der Waals surface area contributed by atoms with Gasteiger partial charge in [-0.15, -0.1) is 0 Å². The number of nitrogens with zero attached hydrogens (tertiary/aromatic N) is 1. The Bertz CT molecular complexity index is 2110. The van der Waals surface area contributed by atoms with E-state index in [1.54, 1.807) is 26.8 Å². The molecule has 3 N–H and O–H groups in total. The predicted octanol–water partition coefficient (Wildman–Crippen LogP) is 7.99. The van der Waals surface area contributed by atoms with Crippen LogP contribution in [0.2, 0.25) is 10.0 Å². The van der Waals surface area contributed by atoms with E-state index in [0.717, 1.165) is 6.07 Å². The smallest absolute Gasteiger partial charge is 0.408 e. The first-order chi connectivity index (χ1) is 27.1. The Kier molecular flexibility index (Phi) is 12.9. The Labute approximate surface area is 346 Å². The number of carbonyl (C=O) groups is 4. The summed E-state index contributed by atoms with van der Waals surface area (Å²) in [5.41, 5.74) is -3.45. The molecule has 58 heavy (non-hydrogen) atoms. The SMILES string of the molecule is C=N[C@@]1(c2ccc(Cl)cc2F)[C@@H](c2cccc(Cl)c2F)[C@H](C(=O)Nc2ccc(C(=O)OCCOC(=O)[C@@H](C)NC(=O)OC(C)(C)C)cc2OC)NC12C[C@H]2C(C)(C)C. The lowest BCUT2D eigenvalue weighted by Gasteiger charge is -2.40. The van der Waals surface area contributed by atoms with Crippen molar-refractivity contribution in [3.8, 4) is 5.75 Å². The third kappa shape index (κ3) is 8.79. The highest BCUT2D eigenvalue weighted by Gasteiger charge is 2.78. The van der Waals surface area contributed by atoms with Crippen LogP contribution >= 0.6 is 23.2 Å². The zero-order chi connectivity index (χ0) is 43.0. The number of methoxy groups -OCH3 is 1. The summed E-state index contributed by atoms with van der Waals surface area (Å²) in [6.45, 7) is 15.9. The number of hydrogen-bond donors (Lipinski definition) is 3. The number of amides is 2. The fourth-order valence-electron chi connectivity index (χ4n) is 7.95. The van der Waals surface area contributed by atoms with E-state index in [-0.39, 0.29) is 62.7 Å². The molecule has 5 rings (SSSR count). The molecule has 1 spiro atoms. The van der Waals surface area contributed by atoms with Gasteiger partial charge in [-0.1, -0.05) is 62.2 Å². The zero-order valence-corrected chi connectivity index (χ0v) is 35.1.